The fourth-order valence-corrected chi connectivity index (χ4v) is 3.38. The number of anilines is 1. The number of hydrogen-bond donors (Lipinski definition) is 1. The Kier molecular flexibility index (Phi) is 4.32. The van der Waals surface area contributed by atoms with Crippen LogP contribution in [0.2, 0.25) is 0 Å². The van der Waals surface area contributed by atoms with Crippen molar-refractivity contribution in [2.45, 2.75) is 25.8 Å². The van der Waals surface area contributed by atoms with Gasteiger partial charge >= 0.3 is 0 Å². The molecule has 108 valence electrons. The predicted molar refractivity (Wildman–Crippen MR) is 85.3 cm³/mol. The molecule has 0 spiro atoms. The fraction of sp³-hybridized carbons (Fsp3) is 0.562. The molecule has 0 radical (unpaired) electrons. The Hall–Kier alpha value is -1.00. The molecule has 0 bridgehead atoms. The molecule has 2 aliphatic rings. The molecule has 0 aliphatic carbocycles. The normalized spacial score (nSPS) is 23.8. The molecule has 2 saturated heterocycles. The lowest BCUT2D eigenvalue weighted by atomic mass is 10.1. The number of carbonyl (C=O) groups is 1. The Labute approximate surface area is 126 Å². The fourth-order valence-electron chi connectivity index (χ4n) is 3.13. The standard InChI is InChI=1S/C16H22N2OS/c19-16-9-14(12-20)11-18(16)15-5-3-13(4-6-15)10-17-7-1-2-8-17/h3-6,14,20H,1-2,7-12H2. The second-order valence-electron chi connectivity index (χ2n) is 5.91. The van der Waals surface area contributed by atoms with E-state index in [0.717, 1.165) is 24.5 Å². The van der Waals surface area contributed by atoms with Gasteiger partial charge in [0.25, 0.3) is 0 Å². The highest BCUT2D eigenvalue weighted by Crippen LogP contribution is 2.26. The van der Waals surface area contributed by atoms with Gasteiger partial charge in [-0.05, 0) is 55.3 Å². The van der Waals surface area contributed by atoms with Crippen molar-refractivity contribution in [1.82, 2.24) is 4.90 Å². The van der Waals surface area contributed by atoms with Crippen LogP contribution in [0.15, 0.2) is 24.3 Å². The first-order chi connectivity index (χ1) is 9.76. The van der Waals surface area contributed by atoms with Crippen LogP contribution >= 0.6 is 12.6 Å². The van der Waals surface area contributed by atoms with Crippen molar-refractivity contribution in [3.63, 3.8) is 0 Å². The van der Waals surface area contributed by atoms with Gasteiger partial charge < -0.3 is 4.90 Å². The third-order valence-corrected chi connectivity index (χ3v) is 4.83. The van der Waals surface area contributed by atoms with Gasteiger partial charge in [-0.3, -0.25) is 9.69 Å². The van der Waals surface area contributed by atoms with E-state index in [4.69, 9.17) is 0 Å². The molecule has 0 N–H and O–H groups in total. The maximum absolute atomic E-state index is 12.0. The lowest BCUT2D eigenvalue weighted by molar-refractivity contribution is -0.117. The van der Waals surface area contributed by atoms with Gasteiger partial charge in [-0.2, -0.15) is 12.6 Å². The number of benzene rings is 1. The van der Waals surface area contributed by atoms with Crippen molar-refractivity contribution < 1.29 is 4.79 Å². The highest BCUT2D eigenvalue weighted by molar-refractivity contribution is 7.80. The third-order valence-electron chi connectivity index (χ3n) is 4.32. The zero-order valence-electron chi connectivity index (χ0n) is 11.8. The molecule has 2 fully saturated rings. The van der Waals surface area contributed by atoms with E-state index in [9.17, 15) is 4.79 Å². The summed E-state index contributed by atoms with van der Waals surface area (Å²) in [5.74, 6) is 1.42. The van der Waals surface area contributed by atoms with Crippen LogP contribution in [0.25, 0.3) is 0 Å². The molecule has 3 nitrogen and oxygen atoms in total. The van der Waals surface area contributed by atoms with Crippen LogP contribution in [0.1, 0.15) is 24.8 Å². The number of amides is 1. The molecule has 4 heteroatoms. The average molecular weight is 290 g/mol. The summed E-state index contributed by atoms with van der Waals surface area (Å²) < 4.78 is 0. The number of rotatable bonds is 4. The minimum atomic E-state index is 0.233. The molecule has 1 atom stereocenters. The summed E-state index contributed by atoms with van der Waals surface area (Å²) in [6.45, 7) is 4.28. The van der Waals surface area contributed by atoms with Gasteiger partial charge in [0, 0.05) is 25.2 Å². The zero-order chi connectivity index (χ0) is 13.9. The van der Waals surface area contributed by atoms with E-state index in [1.807, 2.05) is 4.90 Å². The molecule has 1 aromatic rings. The van der Waals surface area contributed by atoms with Crippen molar-refractivity contribution in [3.8, 4) is 0 Å². The first-order valence-corrected chi connectivity index (χ1v) is 8.12. The molecule has 2 heterocycles. The van der Waals surface area contributed by atoms with Crippen LogP contribution in [0.3, 0.4) is 0 Å². The Bertz CT molecular complexity index is 468. The van der Waals surface area contributed by atoms with E-state index in [2.05, 4.69) is 41.8 Å². The van der Waals surface area contributed by atoms with Crippen LogP contribution < -0.4 is 4.90 Å². The van der Waals surface area contributed by atoms with E-state index in [0.29, 0.717) is 12.3 Å². The van der Waals surface area contributed by atoms with E-state index < -0.39 is 0 Å². The van der Waals surface area contributed by atoms with Crippen LogP contribution in [0.5, 0.6) is 0 Å². The van der Waals surface area contributed by atoms with E-state index >= 15 is 0 Å². The van der Waals surface area contributed by atoms with Gasteiger partial charge in [0.1, 0.15) is 0 Å². The number of thiol groups is 1. The summed E-state index contributed by atoms with van der Waals surface area (Å²) in [5.41, 5.74) is 2.37. The molecular weight excluding hydrogens is 268 g/mol. The maximum atomic E-state index is 12.0. The van der Waals surface area contributed by atoms with Gasteiger partial charge in [-0.25, -0.2) is 0 Å². The van der Waals surface area contributed by atoms with Crippen LogP contribution in [0.4, 0.5) is 5.69 Å². The van der Waals surface area contributed by atoms with E-state index in [1.54, 1.807) is 0 Å². The van der Waals surface area contributed by atoms with Gasteiger partial charge in [0.15, 0.2) is 0 Å². The summed E-state index contributed by atoms with van der Waals surface area (Å²) in [6.07, 6.45) is 3.29. The second-order valence-corrected chi connectivity index (χ2v) is 6.27. The summed E-state index contributed by atoms with van der Waals surface area (Å²) in [7, 11) is 0. The first kappa shape index (κ1) is 14.0. The molecule has 2 aliphatic heterocycles. The quantitative estimate of drug-likeness (QED) is 0.862. The number of likely N-dealkylation sites (tertiary alicyclic amines) is 1. The lowest BCUT2D eigenvalue weighted by Gasteiger charge is -2.18. The van der Waals surface area contributed by atoms with Crippen molar-refractivity contribution in [1.29, 1.82) is 0 Å². The van der Waals surface area contributed by atoms with Crippen LogP contribution in [0, 0.1) is 5.92 Å². The largest absolute Gasteiger partial charge is 0.312 e. The van der Waals surface area contributed by atoms with Crippen molar-refractivity contribution in [2.75, 3.05) is 30.3 Å². The Morgan fingerprint density at radius 2 is 1.85 bits per heavy atom. The van der Waals surface area contributed by atoms with Crippen LogP contribution in [-0.4, -0.2) is 36.2 Å². The zero-order valence-corrected chi connectivity index (χ0v) is 12.7. The van der Waals surface area contributed by atoms with Gasteiger partial charge in [0.2, 0.25) is 5.91 Å². The smallest absolute Gasteiger partial charge is 0.227 e. The Morgan fingerprint density at radius 1 is 1.15 bits per heavy atom. The third kappa shape index (κ3) is 3.01. The summed E-state index contributed by atoms with van der Waals surface area (Å²) in [6, 6.07) is 8.50. The molecule has 0 aromatic heterocycles. The van der Waals surface area contributed by atoms with Crippen molar-refractivity contribution in [3.05, 3.63) is 29.8 Å². The SMILES string of the molecule is O=C1CC(CS)CN1c1ccc(CN2CCCC2)cc1. The van der Waals surface area contributed by atoms with E-state index in [1.165, 1.54) is 31.5 Å². The molecule has 20 heavy (non-hydrogen) atoms. The number of hydrogen-bond acceptors (Lipinski definition) is 3. The first-order valence-electron chi connectivity index (χ1n) is 7.49. The topological polar surface area (TPSA) is 23.6 Å². The second kappa shape index (κ2) is 6.19. The van der Waals surface area contributed by atoms with Gasteiger partial charge in [0.05, 0.1) is 0 Å². The summed E-state index contributed by atoms with van der Waals surface area (Å²) in [4.78, 5) is 16.4. The predicted octanol–water partition coefficient (Wildman–Crippen LogP) is 2.57. The summed E-state index contributed by atoms with van der Waals surface area (Å²) >= 11 is 4.31. The van der Waals surface area contributed by atoms with Crippen molar-refractivity contribution in [2.24, 2.45) is 5.92 Å². The van der Waals surface area contributed by atoms with Gasteiger partial charge in [-0.1, -0.05) is 12.1 Å². The number of carbonyl (C=O) groups excluding carboxylic acids is 1. The number of nitrogens with zero attached hydrogens (tertiary/aromatic N) is 2. The van der Waals surface area contributed by atoms with Crippen LogP contribution in [-0.2, 0) is 11.3 Å². The van der Waals surface area contributed by atoms with Gasteiger partial charge in [-0.15, -0.1) is 0 Å². The highest BCUT2D eigenvalue weighted by atomic mass is 32.1. The minimum absolute atomic E-state index is 0.233. The molecule has 3 rings (SSSR count). The molecular formula is C16H22N2OS. The molecule has 1 aromatic carbocycles. The van der Waals surface area contributed by atoms with Crippen molar-refractivity contribution >= 4 is 24.2 Å². The molecule has 1 amide bonds. The maximum Gasteiger partial charge on any atom is 0.227 e. The summed E-state index contributed by atoms with van der Waals surface area (Å²) in [5, 5.41) is 0. The van der Waals surface area contributed by atoms with E-state index in [-0.39, 0.29) is 5.91 Å². The Morgan fingerprint density at radius 3 is 2.45 bits per heavy atom. The monoisotopic (exact) mass is 290 g/mol. The lowest BCUT2D eigenvalue weighted by Crippen LogP contribution is -2.24. The Balaban J connectivity index is 1.65. The average Bonchev–Trinajstić information content (AvgIpc) is 3.09. The molecule has 0 saturated carbocycles. The highest BCUT2D eigenvalue weighted by Gasteiger charge is 2.29. The molecule has 1 unspecified atom stereocenters. The minimum Gasteiger partial charge on any atom is -0.312 e.